The summed E-state index contributed by atoms with van der Waals surface area (Å²) in [5, 5.41) is 3.07. The largest absolute Gasteiger partial charge is 0.352 e. The molecule has 2 fully saturated rings. The number of carbonyl (C=O) groups is 1. The molecule has 0 bridgehead atoms. The molecule has 2 heterocycles. The van der Waals surface area contributed by atoms with Gasteiger partial charge in [-0.3, -0.25) is 4.79 Å². The van der Waals surface area contributed by atoms with Gasteiger partial charge in [0.05, 0.1) is 6.42 Å². The van der Waals surface area contributed by atoms with E-state index in [0.29, 0.717) is 29.8 Å². The maximum atomic E-state index is 12.6. The SMILES string of the molecule is NCC(NC(=O)Cc1ccc(S(=O)(=O)N2CCCC2)s1)C1CCCCC1. The zero-order valence-electron chi connectivity index (χ0n) is 15.2. The van der Waals surface area contributed by atoms with Gasteiger partial charge < -0.3 is 11.1 Å². The first kappa shape index (κ1) is 19.8. The van der Waals surface area contributed by atoms with Crippen molar-refractivity contribution in [3.05, 3.63) is 17.0 Å². The number of amides is 1. The van der Waals surface area contributed by atoms with Crippen LogP contribution in [0.5, 0.6) is 0 Å². The second kappa shape index (κ2) is 8.82. The van der Waals surface area contributed by atoms with E-state index in [1.54, 1.807) is 12.1 Å². The molecule has 1 amide bonds. The molecular formula is C18H29N3O3S2. The van der Waals surface area contributed by atoms with Crippen LogP contribution < -0.4 is 11.1 Å². The lowest BCUT2D eigenvalue weighted by Gasteiger charge is -2.30. The van der Waals surface area contributed by atoms with E-state index in [0.717, 1.165) is 30.6 Å². The number of hydrogen-bond acceptors (Lipinski definition) is 5. The summed E-state index contributed by atoms with van der Waals surface area (Å²) in [6.07, 6.45) is 7.98. The minimum atomic E-state index is -3.40. The standard InChI is InChI=1S/C18H29N3O3S2/c19-13-16(14-6-2-1-3-7-14)20-17(22)12-15-8-9-18(25-15)26(23,24)21-10-4-5-11-21/h8-9,14,16H,1-7,10-13,19H2,(H,20,22). The maximum Gasteiger partial charge on any atom is 0.252 e. The van der Waals surface area contributed by atoms with Crippen LogP contribution in [0.2, 0.25) is 0 Å². The Balaban J connectivity index is 1.58. The van der Waals surface area contributed by atoms with Crippen molar-refractivity contribution in [1.82, 2.24) is 9.62 Å². The number of sulfonamides is 1. The normalized spacial score (nSPS) is 21.0. The molecule has 8 heteroatoms. The Morgan fingerprint density at radius 2 is 1.88 bits per heavy atom. The molecule has 1 saturated carbocycles. The summed E-state index contributed by atoms with van der Waals surface area (Å²) in [5.41, 5.74) is 5.88. The highest BCUT2D eigenvalue weighted by Gasteiger charge is 2.29. The number of nitrogens with one attached hydrogen (secondary N) is 1. The monoisotopic (exact) mass is 399 g/mol. The number of rotatable bonds is 7. The van der Waals surface area contributed by atoms with Gasteiger partial charge in [0.25, 0.3) is 10.0 Å². The Hall–Kier alpha value is -0.960. The van der Waals surface area contributed by atoms with Crippen molar-refractivity contribution in [1.29, 1.82) is 0 Å². The first-order valence-electron chi connectivity index (χ1n) is 9.59. The van der Waals surface area contributed by atoms with Gasteiger partial charge in [0.2, 0.25) is 5.91 Å². The molecule has 3 N–H and O–H groups in total. The Bertz CT molecular complexity index is 705. The molecule has 0 spiro atoms. The second-order valence-electron chi connectivity index (χ2n) is 7.32. The number of nitrogens with two attached hydrogens (primary N) is 1. The highest BCUT2D eigenvalue weighted by Crippen LogP contribution is 2.28. The molecule has 1 aromatic rings. The summed E-state index contributed by atoms with van der Waals surface area (Å²) in [6, 6.07) is 3.41. The summed E-state index contributed by atoms with van der Waals surface area (Å²) in [6.45, 7) is 1.64. The van der Waals surface area contributed by atoms with E-state index in [1.807, 2.05) is 0 Å². The van der Waals surface area contributed by atoms with Crippen LogP contribution >= 0.6 is 11.3 Å². The third-order valence-electron chi connectivity index (χ3n) is 5.45. The Kier molecular flexibility index (Phi) is 6.71. The lowest BCUT2D eigenvalue weighted by atomic mass is 9.84. The van der Waals surface area contributed by atoms with Crippen molar-refractivity contribution in [2.75, 3.05) is 19.6 Å². The van der Waals surface area contributed by atoms with Gasteiger partial charge in [-0.2, -0.15) is 4.31 Å². The maximum absolute atomic E-state index is 12.6. The second-order valence-corrected chi connectivity index (χ2v) is 10.6. The van der Waals surface area contributed by atoms with Crippen LogP contribution in [-0.2, 0) is 21.2 Å². The van der Waals surface area contributed by atoms with E-state index >= 15 is 0 Å². The lowest BCUT2D eigenvalue weighted by molar-refractivity contribution is -0.121. The van der Waals surface area contributed by atoms with E-state index in [4.69, 9.17) is 5.73 Å². The molecule has 3 rings (SSSR count). The molecule has 0 aromatic carbocycles. The van der Waals surface area contributed by atoms with Gasteiger partial charge in [0.15, 0.2) is 0 Å². The van der Waals surface area contributed by atoms with Crippen LogP contribution in [0.25, 0.3) is 0 Å². The van der Waals surface area contributed by atoms with Crippen molar-refractivity contribution >= 4 is 27.3 Å². The Morgan fingerprint density at radius 1 is 1.19 bits per heavy atom. The summed E-state index contributed by atoms with van der Waals surface area (Å²) in [4.78, 5) is 13.2. The smallest absolute Gasteiger partial charge is 0.252 e. The van der Waals surface area contributed by atoms with Gasteiger partial charge in [0, 0.05) is 30.6 Å². The number of carbonyl (C=O) groups excluding carboxylic acids is 1. The van der Waals surface area contributed by atoms with Crippen molar-refractivity contribution in [3.63, 3.8) is 0 Å². The summed E-state index contributed by atoms with van der Waals surface area (Å²) in [5.74, 6) is 0.394. The molecule has 1 unspecified atom stereocenters. The average molecular weight is 400 g/mol. The quantitative estimate of drug-likeness (QED) is 0.734. The molecule has 1 aliphatic carbocycles. The highest BCUT2D eigenvalue weighted by molar-refractivity contribution is 7.91. The molecule has 1 aromatic heterocycles. The summed E-state index contributed by atoms with van der Waals surface area (Å²) in [7, 11) is -3.40. The number of thiophene rings is 1. The molecule has 146 valence electrons. The van der Waals surface area contributed by atoms with Crippen LogP contribution in [-0.4, -0.2) is 44.3 Å². The molecular weight excluding hydrogens is 370 g/mol. The number of nitrogens with zero attached hydrogens (tertiary/aromatic N) is 1. The van der Waals surface area contributed by atoms with Gasteiger partial charge >= 0.3 is 0 Å². The molecule has 26 heavy (non-hydrogen) atoms. The fourth-order valence-corrected chi connectivity index (χ4v) is 7.00. The first-order valence-corrected chi connectivity index (χ1v) is 11.8. The van der Waals surface area contributed by atoms with E-state index in [-0.39, 0.29) is 18.4 Å². The predicted octanol–water partition coefficient (Wildman–Crippen LogP) is 2.10. The molecule has 2 aliphatic rings. The Labute approximate surface area is 160 Å². The van der Waals surface area contributed by atoms with Crippen LogP contribution in [0.15, 0.2) is 16.3 Å². The minimum absolute atomic E-state index is 0.0237. The van der Waals surface area contributed by atoms with Gasteiger partial charge in [-0.1, -0.05) is 19.3 Å². The highest BCUT2D eigenvalue weighted by atomic mass is 32.2. The third kappa shape index (κ3) is 4.65. The van der Waals surface area contributed by atoms with Crippen LogP contribution in [0.1, 0.15) is 49.8 Å². The fourth-order valence-electron chi connectivity index (χ4n) is 3.97. The van der Waals surface area contributed by atoms with E-state index < -0.39 is 10.0 Å². The van der Waals surface area contributed by atoms with Crippen molar-refractivity contribution < 1.29 is 13.2 Å². The van der Waals surface area contributed by atoms with Crippen molar-refractivity contribution in [2.45, 2.75) is 61.6 Å². The van der Waals surface area contributed by atoms with Gasteiger partial charge in [-0.15, -0.1) is 11.3 Å². The zero-order valence-corrected chi connectivity index (χ0v) is 16.8. The number of hydrogen-bond donors (Lipinski definition) is 2. The summed E-state index contributed by atoms with van der Waals surface area (Å²) < 4.78 is 27.0. The van der Waals surface area contributed by atoms with Gasteiger partial charge in [0.1, 0.15) is 4.21 Å². The van der Waals surface area contributed by atoms with Crippen LogP contribution in [0, 0.1) is 5.92 Å². The molecule has 1 aliphatic heterocycles. The summed E-state index contributed by atoms with van der Waals surface area (Å²) >= 11 is 1.20. The first-order chi connectivity index (χ1) is 12.5. The fraction of sp³-hybridized carbons (Fsp3) is 0.722. The minimum Gasteiger partial charge on any atom is -0.352 e. The average Bonchev–Trinajstić information content (AvgIpc) is 3.33. The van der Waals surface area contributed by atoms with Crippen LogP contribution in [0.3, 0.4) is 0 Å². The van der Waals surface area contributed by atoms with Crippen LogP contribution in [0.4, 0.5) is 0 Å². The third-order valence-corrected chi connectivity index (χ3v) is 8.90. The zero-order chi connectivity index (χ0) is 18.6. The molecule has 1 saturated heterocycles. The molecule has 6 nitrogen and oxygen atoms in total. The topological polar surface area (TPSA) is 92.5 Å². The predicted molar refractivity (Wildman–Crippen MR) is 104 cm³/mol. The van der Waals surface area contributed by atoms with Crippen molar-refractivity contribution in [2.24, 2.45) is 11.7 Å². The van der Waals surface area contributed by atoms with E-state index in [1.165, 1.54) is 34.9 Å². The van der Waals surface area contributed by atoms with E-state index in [2.05, 4.69) is 5.32 Å². The van der Waals surface area contributed by atoms with Gasteiger partial charge in [-0.05, 0) is 43.7 Å². The van der Waals surface area contributed by atoms with Gasteiger partial charge in [-0.25, -0.2) is 8.42 Å². The lowest BCUT2D eigenvalue weighted by Crippen LogP contribution is -2.46. The Morgan fingerprint density at radius 3 is 2.54 bits per heavy atom. The van der Waals surface area contributed by atoms with Crippen molar-refractivity contribution in [3.8, 4) is 0 Å². The van der Waals surface area contributed by atoms with E-state index in [9.17, 15) is 13.2 Å². The molecule has 0 radical (unpaired) electrons. The molecule has 1 atom stereocenters.